The molecule has 0 saturated carbocycles. The summed E-state index contributed by atoms with van der Waals surface area (Å²) in [7, 11) is 0. The third-order valence-corrected chi connectivity index (χ3v) is 4.33. The Hall–Kier alpha value is -2.41. The highest BCUT2D eigenvalue weighted by Gasteiger charge is 2.34. The van der Waals surface area contributed by atoms with E-state index in [-0.39, 0.29) is 5.41 Å². The highest BCUT2D eigenvalue weighted by Crippen LogP contribution is 2.48. The summed E-state index contributed by atoms with van der Waals surface area (Å²) in [5, 5.41) is 0. The van der Waals surface area contributed by atoms with Crippen molar-refractivity contribution in [1.82, 2.24) is 0 Å². The van der Waals surface area contributed by atoms with Gasteiger partial charge in [0.05, 0.1) is 0 Å². The Bertz CT molecular complexity index is 763. The fraction of sp³-hybridized carbons (Fsp3) is 0.190. The zero-order valence-electron chi connectivity index (χ0n) is 13.2. The first-order valence-electron chi connectivity index (χ1n) is 7.68. The number of hydrogen-bond donors (Lipinski definition) is 0. The Balaban J connectivity index is 1.96. The lowest BCUT2D eigenvalue weighted by atomic mass is 9.82. The van der Waals surface area contributed by atoms with Gasteiger partial charge in [-0.2, -0.15) is 0 Å². The summed E-state index contributed by atoms with van der Waals surface area (Å²) in [4.78, 5) is 4.35. The van der Waals surface area contributed by atoms with E-state index in [0.29, 0.717) is 0 Å². The summed E-state index contributed by atoms with van der Waals surface area (Å²) in [6.45, 7) is 8.28. The summed E-state index contributed by atoms with van der Waals surface area (Å²) in [5.74, 6) is 0. The summed E-state index contributed by atoms with van der Waals surface area (Å²) < 4.78 is 0. The number of hydrogen-bond acceptors (Lipinski definition) is 1. The molecule has 1 aliphatic rings. The van der Waals surface area contributed by atoms with Gasteiger partial charge in [0, 0.05) is 17.8 Å². The van der Waals surface area contributed by atoms with E-state index in [9.17, 15) is 0 Å². The van der Waals surface area contributed by atoms with Gasteiger partial charge in [0.25, 0.3) is 0 Å². The molecule has 2 aromatic rings. The molecule has 0 fully saturated rings. The largest absolute Gasteiger partial charge is 0.264 e. The van der Waals surface area contributed by atoms with Gasteiger partial charge in [0.2, 0.25) is 0 Å². The molecule has 0 atom stereocenters. The van der Waals surface area contributed by atoms with Crippen molar-refractivity contribution >= 4 is 6.21 Å². The fourth-order valence-electron chi connectivity index (χ4n) is 3.15. The second kappa shape index (κ2) is 5.76. The predicted octanol–water partition coefficient (Wildman–Crippen LogP) is 5.50. The van der Waals surface area contributed by atoms with E-state index >= 15 is 0 Å². The van der Waals surface area contributed by atoms with Gasteiger partial charge in [-0.15, -0.1) is 6.58 Å². The van der Waals surface area contributed by atoms with Crippen molar-refractivity contribution in [3.05, 3.63) is 84.1 Å². The number of nitrogens with zero attached hydrogens (tertiary/aromatic N) is 1. The summed E-state index contributed by atoms with van der Waals surface area (Å²) in [6.07, 6.45) is 8.45. The molecule has 0 N–H and O–H groups in total. The van der Waals surface area contributed by atoms with Crippen molar-refractivity contribution in [2.45, 2.75) is 25.7 Å². The van der Waals surface area contributed by atoms with Crippen molar-refractivity contribution < 1.29 is 0 Å². The van der Waals surface area contributed by atoms with E-state index < -0.39 is 0 Å². The van der Waals surface area contributed by atoms with Crippen LogP contribution in [0.3, 0.4) is 0 Å². The van der Waals surface area contributed by atoms with Crippen molar-refractivity contribution in [3.8, 4) is 11.1 Å². The van der Waals surface area contributed by atoms with E-state index in [1.54, 1.807) is 0 Å². The van der Waals surface area contributed by atoms with Crippen LogP contribution in [0.2, 0.25) is 0 Å². The number of rotatable bonds is 4. The van der Waals surface area contributed by atoms with E-state index in [4.69, 9.17) is 0 Å². The Morgan fingerprint density at radius 2 is 1.82 bits per heavy atom. The lowest BCUT2D eigenvalue weighted by molar-refractivity contribution is 0.660. The second-order valence-electron chi connectivity index (χ2n) is 6.16. The standard InChI is InChI=1S/C21H21N/c1-4-5-8-13-22-15-16-11-12-18-17-9-6-7-10-19(17)21(2,3)20(18)14-16/h4,6-15H,1,5H2,2-3H3. The maximum Gasteiger partial charge on any atom is 0.0340 e. The quantitative estimate of drug-likeness (QED) is 0.520. The molecule has 0 heterocycles. The molecule has 0 spiro atoms. The number of fused-ring (bicyclic) bond motifs is 3. The molecule has 2 aromatic carbocycles. The first kappa shape index (κ1) is 14.5. The summed E-state index contributed by atoms with van der Waals surface area (Å²) >= 11 is 0. The van der Waals surface area contributed by atoms with Gasteiger partial charge in [0.1, 0.15) is 0 Å². The van der Waals surface area contributed by atoms with Gasteiger partial charge in [0.15, 0.2) is 0 Å². The average molecular weight is 287 g/mol. The van der Waals surface area contributed by atoms with Crippen LogP contribution >= 0.6 is 0 Å². The Morgan fingerprint density at radius 1 is 1.05 bits per heavy atom. The van der Waals surface area contributed by atoms with Crippen LogP contribution in [0.1, 0.15) is 37.0 Å². The summed E-state index contributed by atoms with van der Waals surface area (Å²) in [5.41, 5.74) is 6.69. The first-order chi connectivity index (χ1) is 10.6. The molecule has 0 bridgehead atoms. The molecule has 0 saturated heterocycles. The number of aliphatic imine (C=N–C) groups is 1. The van der Waals surface area contributed by atoms with Crippen molar-refractivity contribution in [2.24, 2.45) is 4.99 Å². The van der Waals surface area contributed by atoms with Gasteiger partial charge in [-0.3, -0.25) is 4.99 Å². The van der Waals surface area contributed by atoms with Gasteiger partial charge in [-0.1, -0.05) is 62.4 Å². The van der Waals surface area contributed by atoms with E-state index in [2.05, 4.69) is 67.9 Å². The van der Waals surface area contributed by atoms with Crippen LogP contribution in [0, 0.1) is 0 Å². The topological polar surface area (TPSA) is 12.4 Å². The second-order valence-corrected chi connectivity index (χ2v) is 6.16. The monoisotopic (exact) mass is 287 g/mol. The van der Waals surface area contributed by atoms with Gasteiger partial charge < -0.3 is 0 Å². The Morgan fingerprint density at radius 3 is 2.64 bits per heavy atom. The molecule has 3 rings (SSSR count). The lowest BCUT2D eigenvalue weighted by Gasteiger charge is -2.21. The SMILES string of the molecule is C=CCC=CN=Cc1ccc2c(c1)C(C)(C)c1ccccc1-2. The highest BCUT2D eigenvalue weighted by atomic mass is 14.7. The van der Waals surface area contributed by atoms with E-state index in [0.717, 1.165) is 12.0 Å². The zero-order chi connectivity index (χ0) is 15.6. The predicted molar refractivity (Wildman–Crippen MR) is 95.6 cm³/mol. The van der Waals surface area contributed by atoms with Crippen LogP contribution in [0.4, 0.5) is 0 Å². The fourth-order valence-corrected chi connectivity index (χ4v) is 3.15. The zero-order valence-corrected chi connectivity index (χ0v) is 13.2. The van der Waals surface area contributed by atoms with Crippen molar-refractivity contribution in [3.63, 3.8) is 0 Å². The van der Waals surface area contributed by atoms with Crippen LogP contribution in [0.15, 0.2) is 72.4 Å². The van der Waals surface area contributed by atoms with Crippen LogP contribution < -0.4 is 0 Å². The molecular formula is C21H21N. The molecule has 0 aliphatic heterocycles. The average Bonchev–Trinajstić information content (AvgIpc) is 2.76. The minimum Gasteiger partial charge on any atom is -0.264 e. The molecule has 1 heteroatoms. The van der Waals surface area contributed by atoms with Crippen LogP contribution in [0.25, 0.3) is 11.1 Å². The van der Waals surface area contributed by atoms with E-state index in [1.807, 2.05) is 24.6 Å². The van der Waals surface area contributed by atoms with Gasteiger partial charge >= 0.3 is 0 Å². The molecule has 0 amide bonds. The van der Waals surface area contributed by atoms with Crippen LogP contribution in [0.5, 0.6) is 0 Å². The van der Waals surface area contributed by atoms with Gasteiger partial charge in [-0.05, 0) is 40.3 Å². The molecule has 0 aromatic heterocycles. The Labute approximate surface area is 132 Å². The minimum absolute atomic E-state index is 0.0501. The lowest BCUT2D eigenvalue weighted by Crippen LogP contribution is -2.15. The number of benzene rings is 2. The molecule has 0 radical (unpaired) electrons. The van der Waals surface area contributed by atoms with Gasteiger partial charge in [-0.25, -0.2) is 0 Å². The molecule has 1 aliphatic carbocycles. The van der Waals surface area contributed by atoms with Crippen LogP contribution in [-0.4, -0.2) is 6.21 Å². The summed E-state index contributed by atoms with van der Waals surface area (Å²) in [6, 6.07) is 15.3. The number of allylic oxidation sites excluding steroid dienone is 2. The first-order valence-corrected chi connectivity index (χ1v) is 7.68. The van der Waals surface area contributed by atoms with E-state index in [1.165, 1.54) is 22.3 Å². The maximum atomic E-state index is 4.35. The molecule has 0 unspecified atom stereocenters. The normalized spacial score (nSPS) is 15.2. The molecule has 110 valence electrons. The minimum atomic E-state index is 0.0501. The molecular weight excluding hydrogens is 266 g/mol. The van der Waals surface area contributed by atoms with Crippen LogP contribution in [-0.2, 0) is 5.41 Å². The highest BCUT2D eigenvalue weighted by molar-refractivity contribution is 5.86. The molecule has 1 nitrogen and oxygen atoms in total. The smallest absolute Gasteiger partial charge is 0.0340 e. The molecule has 22 heavy (non-hydrogen) atoms. The van der Waals surface area contributed by atoms with Crippen molar-refractivity contribution in [1.29, 1.82) is 0 Å². The van der Waals surface area contributed by atoms with Crippen molar-refractivity contribution in [2.75, 3.05) is 0 Å². The maximum absolute atomic E-state index is 4.35. The Kier molecular flexibility index (Phi) is 3.81. The third kappa shape index (κ3) is 2.43. The third-order valence-electron chi connectivity index (χ3n) is 4.33.